The van der Waals surface area contributed by atoms with Gasteiger partial charge in [0.05, 0.1) is 0 Å². The second-order valence-electron chi connectivity index (χ2n) is 4.56. The minimum Gasteiger partial charge on any atom is -0.135 e. The highest BCUT2D eigenvalue weighted by molar-refractivity contribution is 4.86. The van der Waals surface area contributed by atoms with E-state index in [9.17, 15) is 0 Å². The van der Waals surface area contributed by atoms with Gasteiger partial charge in [0, 0.05) is 0 Å². The zero-order valence-corrected chi connectivity index (χ0v) is 8.86. The van der Waals surface area contributed by atoms with E-state index in [0.717, 1.165) is 12.8 Å². The van der Waals surface area contributed by atoms with Crippen LogP contribution in [0.3, 0.4) is 0 Å². The van der Waals surface area contributed by atoms with Crippen molar-refractivity contribution in [1.82, 2.24) is 0 Å². The fraction of sp³-hybridized carbons (Fsp3) is 1.00. The fourth-order valence-electron chi connectivity index (χ4n) is 1.78. The van der Waals surface area contributed by atoms with Crippen molar-refractivity contribution in [3.63, 3.8) is 0 Å². The van der Waals surface area contributed by atoms with Gasteiger partial charge in [-0.25, -0.2) is 0 Å². The number of nitrogens with zero attached hydrogens (tertiary/aromatic N) is 4. The van der Waals surface area contributed by atoms with Crippen molar-refractivity contribution in [2.75, 3.05) is 0 Å². The molecule has 0 radical (unpaired) electrons. The molecular weight excluding hydrogens is 164 g/mol. The topological polar surface area (TPSA) is 49.4 Å². The van der Waals surface area contributed by atoms with Crippen molar-refractivity contribution >= 4 is 0 Å². The predicted octanol–water partition coefficient (Wildman–Crippen LogP) is 3.61. The van der Waals surface area contributed by atoms with Crippen LogP contribution in [0.5, 0.6) is 0 Å². The summed E-state index contributed by atoms with van der Waals surface area (Å²) in [5.41, 5.74) is -0.345. The Morgan fingerprint density at radius 3 is 1.54 bits per heavy atom. The van der Waals surface area contributed by atoms with Crippen LogP contribution in [-0.2, 0) is 0 Å². The lowest BCUT2D eigenvalue weighted by Crippen LogP contribution is -2.25. The van der Waals surface area contributed by atoms with E-state index < -0.39 is 0 Å². The molecule has 0 aromatic carbocycles. The Balaban J connectivity index is 2.65. The molecule has 1 aliphatic heterocycles. The largest absolute Gasteiger partial charge is 0.195 e. The highest BCUT2D eigenvalue weighted by Crippen LogP contribution is 2.33. The summed E-state index contributed by atoms with van der Waals surface area (Å²) in [5.74, 6) is 1.16. The third-order valence-electron chi connectivity index (χ3n) is 1.97. The van der Waals surface area contributed by atoms with Crippen LogP contribution in [0.2, 0.25) is 0 Å². The molecule has 0 aliphatic carbocycles. The van der Waals surface area contributed by atoms with Crippen LogP contribution in [0.15, 0.2) is 20.7 Å². The van der Waals surface area contributed by atoms with Crippen LogP contribution in [0.4, 0.5) is 0 Å². The van der Waals surface area contributed by atoms with Gasteiger partial charge in [0.1, 0.15) is 0 Å². The van der Waals surface area contributed by atoms with Gasteiger partial charge in [-0.2, -0.15) is 0 Å². The standard InChI is InChI=1S/C9H18N4/c1-7(2)5-9(6-8(3)4)10-12-13-11-9/h7-8H,5-6H2,1-4H3. The van der Waals surface area contributed by atoms with Gasteiger partial charge >= 0.3 is 0 Å². The van der Waals surface area contributed by atoms with E-state index in [1.807, 2.05) is 0 Å². The molecule has 1 heterocycles. The normalized spacial score (nSPS) is 19.2. The Morgan fingerprint density at radius 1 is 0.846 bits per heavy atom. The molecule has 0 unspecified atom stereocenters. The molecule has 0 fully saturated rings. The summed E-state index contributed by atoms with van der Waals surface area (Å²) in [5, 5.41) is 15.5. The molecule has 0 spiro atoms. The molecule has 0 bridgehead atoms. The van der Waals surface area contributed by atoms with E-state index in [-0.39, 0.29) is 5.66 Å². The predicted molar refractivity (Wildman–Crippen MR) is 51.4 cm³/mol. The van der Waals surface area contributed by atoms with Crippen molar-refractivity contribution < 1.29 is 0 Å². The Kier molecular flexibility index (Phi) is 3.12. The summed E-state index contributed by atoms with van der Waals surface area (Å²) >= 11 is 0. The van der Waals surface area contributed by atoms with E-state index in [4.69, 9.17) is 0 Å². The number of hydrogen-bond donors (Lipinski definition) is 0. The van der Waals surface area contributed by atoms with Gasteiger partial charge in [-0.05, 0) is 35.1 Å². The van der Waals surface area contributed by atoms with Gasteiger partial charge < -0.3 is 0 Å². The lowest BCUT2D eigenvalue weighted by Gasteiger charge is -2.23. The van der Waals surface area contributed by atoms with Crippen molar-refractivity contribution in [2.24, 2.45) is 32.5 Å². The van der Waals surface area contributed by atoms with Gasteiger partial charge in [0.25, 0.3) is 0 Å². The zero-order chi connectivity index (χ0) is 9.90. The molecular formula is C9H18N4. The van der Waals surface area contributed by atoms with E-state index in [1.165, 1.54) is 0 Å². The minimum absolute atomic E-state index is 0.345. The van der Waals surface area contributed by atoms with Crippen LogP contribution < -0.4 is 0 Å². The molecule has 0 saturated carbocycles. The van der Waals surface area contributed by atoms with Crippen LogP contribution in [0, 0.1) is 11.8 Å². The van der Waals surface area contributed by atoms with Crippen LogP contribution >= 0.6 is 0 Å². The monoisotopic (exact) mass is 182 g/mol. The number of rotatable bonds is 4. The maximum absolute atomic E-state index is 4.14. The lowest BCUT2D eigenvalue weighted by molar-refractivity contribution is 0.294. The van der Waals surface area contributed by atoms with Gasteiger partial charge in [0.2, 0.25) is 0 Å². The first-order valence-electron chi connectivity index (χ1n) is 4.88. The molecule has 0 aromatic heterocycles. The molecule has 0 atom stereocenters. The van der Waals surface area contributed by atoms with E-state index in [0.29, 0.717) is 11.8 Å². The zero-order valence-electron chi connectivity index (χ0n) is 8.86. The maximum atomic E-state index is 4.14. The molecule has 74 valence electrons. The molecule has 1 aliphatic rings. The first-order chi connectivity index (χ1) is 6.04. The van der Waals surface area contributed by atoms with Gasteiger partial charge in [-0.3, -0.25) is 0 Å². The highest BCUT2D eigenvalue weighted by Gasteiger charge is 2.34. The van der Waals surface area contributed by atoms with E-state index in [1.54, 1.807) is 0 Å². The SMILES string of the molecule is CC(C)CC1(CC(C)C)N=NN=N1. The Bertz CT molecular complexity index is 194. The second-order valence-corrected chi connectivity index (χ2v) is 4.56. The molecule has 0 N–H and O–H groups in total. The van der Waals surface area contributed by atoms with Crippen molar-refractivity contribution in [3.05, 3.63) is 0 Å². The first kappa shape index (κ1) is 10.3. The quantitative estimate of drug-likeness (QED) is 0.637. The minimum atomic E-state index is -0.345. The van der Waals surface area contributed by atoms with Gasteiger partial charge in [-0.15, -0.1) is 10.2 Å². The molecule has 1 rings (SSSR count). The summed E-state index contributed by atoms with van der Waals surface area (Å²) in [4.78, 5) is 0. The molecule has 4 heteroatoms. The summed E-state index contributed by atoms with van der Waals surface area (Å²) in [6.07, 6.45) is 1.89. The van der Waals surface area contributed by atoms with Crippen molar-refractivity contribution in [2.45, 2.75) is 46.2 Å². The summed E-state index contributed by atoms with van der Waals surface area (Å²) in [6, 6.07) is 0. The molecule has 4 nitrogen and oxygen atoms in total. The Labute approximate surface area is 79.5 Å². The highest BCUT2D eigenvalue weighted by atomic mass is 15.6. The second kappa shape index (κ2) is 3.94. The van der Waals surface area contributed by atoms with Crippen molar-refractivity contribution in [3.8, 4) is 0 Å². The third-order valence-corrected chi connectivity index (χ3v) is 1.97. The Morgan fingerprint density at radius 2 is 1.23 bits per heavy atom. The number of hydrogen-bond acceptors (Lipinski definition) is 4. The van der Waals surface area contributed by atoms with Crippen LogP contribution in [-0.4, -0.2) is 5.66 Å². The first-order valence-corrected chi connectivity index (χ1v) is 4.88. The van der Waals surface area contributed by atoms with Crippen LogP contribution in [0.25, 0.3) is 0 Å². The fourth-order valence-corrected chi connectivity index (χ4v) is 1.78. The van der Waals surface area contributed by atoms with Crippen molar-refractivity contribution in [1.29, 1.82) is 0 Å². The molecule has 0 amide bonds. The summed E-state index contributed by atoms with van der Waals surface area (Å²) in [6.45, 7) is 8.69. The average molecular weight is 182 g/mol. The third kappa shape index (κ3) is 2.86. The smallest absolute Gasteiger partial charge is 0.135 e. The molecule has 0 aromatic rings. The van der Waals surface area contributed by atoms with E-state index in [2.05, 4.69) is 48.4 Å². The molecule has 0 saturated heterocycles. The summed E-state index contributed by atoms with van der Waals surface area (Å²) in [7, 11) is 0. The van der Waals surface area contributed by atoms with Gasteiger partial charge in [-0.1, -0.05) is 27.7 Å². The van der Waals surface area contributed by atoms with Crippen LogP contribution in [0.1, 0.15) is 40.5 Å². The molecule has 13 heavy (non-hydrogen) atoms. The Hall–Kier alpha value is -0.800. The summed E-state index contributed by atoms with van der Waals surface area (Å²) < 4.78 is 0. The maximum Gasteiger partial charge on any atom is 0.195 e. The van der Waals surface area contributed by atoms with Gasteiger partial charge in [0.15, 0.2) is 5.66 Å². The van der Waals surface area contributed by atoms with E-state index >= 15 is 0 Å². The lowest BCUT2D eigenvalue weighted by atomic mass is 9.91. The average Bonchev–Trinajstić information content (AvgIpc) is 2.33.